The molecule has 0 N–H and O–H groups in total. The number of benzene rings is 6. The molecule has 538 valence electrons. The topological polar surface area (TPSA) is 253 Å². The minimum atomic E-state index is -1.78. The van der Waals surface area contributed by atoms with E-state index in [1.807, 2.05) is 158 Å². The molecule has 4 fully saturated rings. The van der Waals surface area contributed by atoms with Gasteiger partial charge in [0.05, 0.1) is 39.1 Å². The highest BCUT2D eigenvalue weighted by Gasteiger charge is 2.60. The molecule has 4 aliphatic heterocycles. The maximum absolute atomic E-state index is 15.4. The highest BCUT2D eigenvalue weighted by molar-refractivity contribution is 5.76. The Kier molecular flexibility index (Phi) is 28.6. The lowest BCUT2D eigenvalue weighted by Crippen LogP contribution is -2.69. The fraction of sp³-hybridized carbons (Fsp3) is 0.474. The highest BCUT2D eigenvalue weighted by atomic mass is 16.8. The van der Waals surface area contributed by atoms with Crippen LogP contribution in [0.25, 0.3) is 0 Å². The normalized spacial score (nSPS) is 29.8. The van der Waals surface area contributed by atoms with Crippen molar-refractivity contribution >= 4 is 23.9 Å². The lowest BCUT2D eigenvalue weighted by molar-refractivity contribution is -0.391. The molecule has 0 aromatic heterocycles. The van der Waals surface area contributed by atoms with Crippen LogP contribution in [0.1, 0.15) is 54.2 Å². The van der Waals surface area contributed by atoms with Crippen molar-refractivity contribution in [2.24, 2.45) is 5.92 Å². The van der Waals surface area contributed by atoms with E-state index in [1.165, 1.54) is 49.4 Å². The van der Waals surface area contributed by atoms with Gasteiger partial charge in [-0.1, -0.05) is 189 Å². The summed E-state index contributed by atoms with van der Waals surface area (Å²) >= 11 is 0. The fourth-order valence-corrected chi connectivity index (χ4v) is 12.7. The Hall–Kier alpha value is -7.44. The van der Waals surface area contributed by atoms with Crippen molar-refractivity contribution in [2.75, 3.05) is 48.8 Å². The minimum Gasteiger partial charge on any atom is -0.463 e. The van der Waals surface area contributed by atoms with Gasteiger partial charge in [-0.05, 0) is 33.4 Å². The van der Waals surface area contributed by atoms with Crippen LogP contribution in [0.4, 0.5) is 0 Å². The van der Waals surface area contributed by atoms with E-state index in [1.54, 1.807) is 31.2 Å². The molecule has 20 atom stereocenters. The van der Waals surface area contributed by atoms with Gasteiger partial charge in [-0.25, -0.2) is 9.59 Å². The molecule has 0 bridgehead atoms. The monoisotopic (exact) mass is 1390 g/mol. The van der Waals surface area contributed by atoms with Gasteiger partial charge in [-0.15, -0.1) is 0 Å². The van der Waals surface area contributed by atoms with E-state index >= 15 is 4.79 Å². The molecule has 0 spiro atoms. The van der Waals surface area contributed by atoms with Crippen molar-refractivity contribution < 1.29 is 114 Å². The van der Waals surface area contributed by atoms with Gasteiger partial charge >= 0.3 is 23.9 Å². The van der Waals surface area contributed by atoms with Crippen LogP contribution in [0.15, 0.2) is 182 Å². The fourth-order valence-electron chi connectivity index (χ4n) is 12.7. The molecule has 100 heavy (non-hydrogen) atoms. The summed E-state index contributed by atoms with van der Waals surface area (Å²) in [5.41, 5.74) is 4.66. The first-order valence-corrected chi connectivity index (χ1v) is 33.3. The van der Waals surface area contributed by atoms with Crippen molar-refractivity contribution in [2.45, 2.75) is 177 Å². The van der Waals surface area contributed by atoms with Crippen LogP contribution in [0, 0.1) is 5.92 Å². The summed E-state index contributed by atoms with van der Waals surface area (Å²) in [4.78, 5) is 56.3. The highest BCUT2D eigenvalue weighted by Crippen LogP contribution is 2.41. The zero-order valence-corrected chi connectivity index (χ0v) is 57.3. The summed E-state index contributed by atoms with van der Waals surface area (Å²) < 4.78 is 131. The molecule has 8 unspecified atom stereocenters. The number of rotatable bonds is 33. The molecule has 0 saturated carbocycles. The van der Waals surface area contributed by atoms with Gasteiger partial charge < -0.3 is 94.7 Å². The minimum absolute atomic E-state index is 0.0625. The summed E-state index contributed by atoms with van der Waals surface area (Å²) in [6, 6.07) is 56.0. The summed E-state index contributed by atoms with van der Waals surface area (Å²) in [5.74, 6) is -3.84. The summed E-state index contributed by atoms with van der Waals surface area (Å²) in [6.45, 7) is 3.50. The summed E-state index contributed by atoms with van der Waals surface area (Å²) in [6.07, 6.45) is -25.1. The Morgan fingerprint density at radius 2 is 0.680 bits per heavy atom. The zero-order valence-electron chi connectivity index (χ0n) is 57.3. The van der Waals surface area contributed by atoms with Crippen LogP contribution in [0.2, 0.25) is 0 Å². The number of ether oxygens (including phenoxy) is 20. The van der Waals surface area contributed by atoms with E-state index in [4.69, 9.17) is 94.7 Å². The predicted molar refractivity (Wildman–Crippen MR) is 354 cm³/mol. The lowest BCUT2D eigenvalue weighted by atomic mass is 9.90. The van der Waals surface area contributed by atoms with Crippen LogP contribution >= 0.6 is 0 Å². The standard InChI is InChI=1S/C76H90O24/c1-47-58(81-4)67(83-6)74(96-59(47)71(79)91-43-54-35-23-13-24-36-54)98-61-57(46-87-48(2)77)95-76(70(64(61)93-49(3)78)90-42-53-33-21-12-22-34-53)99-65-62(82-5)68(84-7)75(100-66(65)72(80)92-44-55-37-25-14-26-38-55)97-60-56(45-86-39-50-27-15-9-16-28-50)94-73(85-8)69(89-41-52-31-19-11-20-32-52)63(60)88-40-51-29-17-10-18-30-51/h9-38,47,56-70,73-76H,39-46H2,1-8H3/t47-,56?,57-,58+,59?,60+,61-,62?,63+,64?,65+,66-,67?,68?,69?,70?,73-,74+,75+,76-/m1/s1. The average molecular weight is 1390 g/mol. The first kappa shape index (κ1) is 75.2. The second-order valence-corrected chi connectivity index (χ2v) is 24.5. The number of methoxy groups -OCH3 is 5. The molecule has 0 amide bonds. The molecule has 6 aromatic carbocycles. The molecule has 6 aromatic rings. The number of hydrogen-bond donors (Lipinski definition) is 0. The van der Waals surface area contributed by atoms with Crippen molar-refractivity contribution in [3.8, 4) is 0 Å². The van der Waals surface area contributed by atoms with Gasteiger partial charge in [0.25, 0.3) is 0 Å². The van der Waals surface area contributed by atoms with Gasteiger partial charge in [-0.2, -0.15) is 0 Å². The Balaban J connectivity index is 1.03. The van der Waals surface area contributed by atoms with Gasteiger partial charge in [0, 0.05) is 55.3 Å². The first-order valence-electron chi connectivity index (χ1n) is 33.3. The second-order valence-electron chi connectivity index (χ2n) is 24.5. The Labute approximate surface area is 582 Å². The van der Waals surface area contributed by atoms with E-state index < -0.39 is 153 Å². The summed E-state index contributed by atoms with van der Waals surface area (Å²) in [7, 11) is 7.19. The number of carbonyl (C=O) groups excluding carboxylic acids is 4. The van der Waals surface area contributed by atoms with Crippen LogP contribution in [-0.2, 0) is 154 Å². The quantitative estimate of drug-likeness (QED) is 0.0277. The molecule has 24 heteroatoms. The molecular weight excluding hydrogens is 1300 g/mol. The van der Waals surface area contributed by atoms with E-state index in [0.29, 0.717) is 11.1 Å². The van der Waals surface area contributed by atoms with E-state index in [2.05, 4.69) is 0 Å². The lowest BCUT2D eigenvalue weighted by Gasteiger charge is -2.51. The van der Waals surface area contributed by atoms with Crippen molar-refractivity contribution in [3.63, 3.8) is 0 Å². The number of hydrogen-bond acceptors (Lipinski definition) is 24. The third kappa shape index (κ3) is 20.0. The zero-order chi connectivity index (χ0) is 70.3. The maximum Gasteiger partial charge on any atom is 0.338 e. The van der Waals surface area contributed by atoms with Crippen LogP contribution in [-0.4, -0.2) is 189 Å². The third-order valence-corrected chi connectivity index (χ3v) is 17.7. The van der Waals surface area contributed by atoms with Gasteiger partial charge in [-0.3, -0.25) is 9.59 Å². The molecule has 10 rings (SSSR count). The molecule has 24 nitrogen and oxygen atoms in total. The van der Waals surface area contributed by atoms with E-state index in [0.717, 1.165) is 22.3 Å². The largest absolute Gasteiger partial charge is 0.463 e. The first-order chi connectivity index (χ1) is 48.8. The predicted octanol–water partition coefficient (Wildman–Crippen LogP) is 8.34. The van der Waals surface area contributed by atoms with E-state index in [9.17, 15) is 14.4 Å². The SMILES string of the molecule is COC1C(OC)[C@H](O[C@H]2O[C@H](COC(C)=O)[C@@H](O[C@@H]3OC(C(=O)OCc4ccccc4)[C@H](C)[C@H](OC)C3OC)C(OC(C)=O)C2OCc2ccccc2)[C@H](C(=O)OCc2ccccc2)O[C@@H]1O[C@H]1C(COCc2ccccc2)O[C@@H](OC)C(OCc2ccccc2)[C@H]1OCc1ccccc1. The Morgan fingerprint density at radius 1 is 0.320 bits per heavy atom. The van der Waals surface area contributed by atoms with Gasteiger partial charge in [0.1, 0.15) is 87.0 Å². The van der Waals surface area contributed by atoms with Gasteiger partial charge in [0.15, 0.2) is 43.5 Å². The number of esters is 4. The average Bonchev–Trinajstić information content (AvgIpc) is 0.763. The second kappa shape index (κ2) is 38.0. The maximum atomic E-state index is 15.4. The number of carbonyl (C=O) groups is 4. The summed E-state index contributed by atoms with van der Waals surface area (Å²) in [5, 5.41) is 0. The van der Waals surface area contributed by atoms with Crippen molar-refractivity contribution in [3.05, 3.63) is 215 Å². The Bertz CT molecular complexity index is 3400. The van der Waals surface area contributed by atoms with Crippen molar-refractivity contribution in [1.29, 1.82) is 0 Å². The molecule has 0 aliphatic carbocycles. The molecular formula is C76H90O24. The smallest absolute Gasteiger partial charge is 0.338 e. The Morgan fingerprint density at radius 3 is 1.12 bits per heavy atom. The van der Waals surface area contributed by atoms with Crippen molar-refractivity contribution in [1.82, 2.24) is 0 Å². The third-order valence-electron chi connectivity index (χ3n) is 17.7. The van der Waals surface area contributed by atoms with Crippen LogP contribution in [0.5, 0.6) is 0 Å². The van der Waals surface area contributed by atoms with E-state index in [-0.39, 0.29) is 46.2 Å². The van der Waals surface area contributed by atoms with Crippen LogP contribution in [0.3, 0.4) is 0 Å². The molecule has 4 aliphatic rings. The molecule has 0 radical (unpaired) electrons. The molecule has 4 heterocycles. The van der Waals surface area contributed by atoms with Crippen LogP contribution < -0.4 is 0 Å². The molecule has 4 saturated heterocycles. The van der Waals surface area contributed by atoms with Gasteiger partial charge in [0.2, 0.25) is 0 Å².